The number of phenolic OH excluding ortho intramolecular Hbond substituents is 1. The molecule has 0 spiro atoms. The van der Waals surface area contributed by atoms with Crippen molar-refractivity contribution < 1.29 is 51.8 Å². The van der Waals surface area contributed by atoms with Crippen LogP contribution in [0.3, 0.4) is 0 Å². The fourth-order valence-electron chi connectivity index (χ4n) is 2.21. The average molecular weight is 406 g/mol. The summed E-state index contributed by atoms with van der Waals surface area (Å²) in [7, 11) is -4.83. The molecule has 1 aromatic carbocycles. The first kappa shape index (κ1) is 21.2. The molecule has 1 aliphatic rings. The molecule has 150 valence electrons. The average Bonchev–Trinajstić information content (AvgIpc) is 2.60. The molecule has 2 rings (SSSR count). The molecule has 1 saturated heterocycles. The van der Waals surface area contributed by atoms with Gasteiger partial charge in [0.15, 0.2) is 0 Å². The zero-order valence-corrected chi connectivity index (χ0v) is 14.5. The first-order valence-electron chi connectivity index (χ1n) is 7.56. The summed E-state index contributed by atoms with van der Waals surface area (Å²) in [6.07, 6.45) is -6.30. The Morgan fingerprint density at radius 2 is 1.74 bits per heavy atom. The maximum absolute atomic E-state index is 11.8. The summed E-state index contributed by atoms with van der Waals surface area (Å²) in [6, 6.07) is 5.84. The van der Waals surface area contributed by atoms with Gasteiger partial charge in [-0.05, 0) is 23.8 Å². The Balaban J connectivity index is 2.00. The van der Waals surface area contributed by atoms with E-state index in [0.717, 1.165) is 6.08 Å². The van der Waals surface area contributed by atoms with E-state index >= 15 is 0 Å². The number of hydrogen-bond acceptors (Lipinski definition) is 10. The number of ether oxygens (including phenoxy) is 2. The molecule has 1 heterocycles. The number of phenols is 1. The fourth-order valence-corrected chi connectivity index (χ4v) is 2.51. The third-order valence-corrected chi connectivity index (χ3v) is 4.02. The molecule has 0 bridgehead atoms. The molecular weight excluding hydrogens is 388 g/mol. The lowest BCUT2D eigenvalue weighted by atomic mass is 9.99. The summed E-state index contributed by atoms with van der Waals surface area (Å²) < 4.78 is 43.7. The van der Waals surface area contributed by atoms with Gasteiger partial charge in [0, 0.05) is 6.08 Å². The lowest BCUT2D eigenvalue weighted by Crippen LogP contribution is -2.59. The molecule has 12 heteroatoms. The molecule has 11 nitrogen and oxygen atoms in total. The molecule has 0 amide bonds. The van der Waals surface area contributed by atoms with Gasteiger partial charge in [-0.25, -0.2) is 8.98 Å². The van der Waals surface area contributed by atoms with Crippen molar-refractivity contribution in [2.75, 3.05) is 6.61 Å². The van der Waals surface area contributed by atoms with Crippen LogP contribution in [0.15, 0.2) is 30.3 Å². The summed E-state index contributed by atoms with van der Waals surface area (Å²) in [5.74, 6) is -0.927. The largest absolute Gasteiger partial charge is 0.508 e. The Morgan fingerprint density at radius 3 is 2.33 bits per heavy atom. The van der Waals surface area contributed by atoms with Crippen molar-refractivity contribution in [2.24, 2.45) is 0 Å². The molecule has 0 saturated carbocycles. The summed E-state index contributed by atoms with van der Waals surface area (Å²) in [5, 5.41) is 38.6. The van der Waals surface area contributed by atoms with E-state index < -0.39 is 53.7 Å². The zero-order chi connectivity index (χ0) is 20.2. The Morgan fingerprint density at radius 1 is 1.11 bits per heavy atom. The minimum atomic E-state index is -4.83. The maximum Gasteiger partial charge on any atom is 0.397 e. The van der Waals surface area contributed by atoms with Gasteiger partial charge < -0.3 is 29.9 Å². The third kappa shape index (κ3) is 6.25. The lowest BCUT2D eigenvalue weighted by molar-refractivity contribution is -0.290. The van der Waals surface area contributed by atoms with Crippen molar-refractivity contribution in [1.82, 2.24) is 0 Å². The number of aliphatic hydroxyl groups is 3. The SMILES string of the molecule is O=C(/C=C/c1ccc(O)cc1)OC1OC(COS(=O)(=O)O)C(O)C(O)C1O. The van der Waals surface area contributed by atoms with Gasteiger partial charge in [0.05, 0.1) is 6.61 Å². The van der Waals surface area contributed by atoms with Crippen molar-refractivity contribution in [3.63, 3.8) is 0 Å². The van der Waals surface area contributed by atoms with Gasteiger partial charge in [-0.3, -0.25) is 4.55 Å². The molecule has 0 aliphatic carbocycles. The van der Waals surface area contributed by atoms with Crippen molar-refractivity contribution in [3.8, 4) is 5.75 Å². The maximum atomic E-state index is 11.8. The monoisotopic (exact) mass is 406 g/mol. The number of aliphatic hydroxyl groups excluding tert-OH is 3. The molecule has 5 atom stereocenters. The first-order valence-corrected chi connectivity index (χ1v) is 8.92. The second-order valence-electron chi connectivity index (χ2n) is 5.59. The highest BCUT2D eigenvalue weighted by Gasteiger charge is 2.45. The van der Waals surface area contributed by atoms with Gasteiger partial charge in [-0.2, -0.15) is 8.42 Å². The van der Waals surface area contributed by atoms with Gasteiger partial charge in [-0.15, -0.1) is 0 Å². The van der Waals surface area contributed by atoms with Crippen LogP contribution in [0.25, 0.3) is 6.08 Å². The lowest BCUT2D eigenvalue weighted by Gasteiger charge is -2.39. The molecule has 0 aromatic heterocycles. The van der Waals surface area contributed by atoms with E-state index in [9.17, 15) is 33.6 Å². The van der Waals surface area contributed by atoms with Crippen LogP contribution in [0.4, 0.5) is 0 Å². The Hall–Kier alpha value is -2.06. The van der Waals surface area contributed by atoms with Crippen LogP contribution in [-0.2, 0) is 28.9 Å². The van der Waals surface area contributed by atoms with Crippen LogP contribution >= 0.6 is 0 Å². The van der Waals surface area contributed by atoms with Gasteiger partial charge in [-0.1, -0.05) is 12.1 Å². The first-order chi connectivity index (χ1) is 12.6. The number of aromatic hydroxyl groups is 1. The minimum Gasteiger partial charge on any atom is -0.508 e. The number of benzene rings is 1. The predicted molar refractivity (Wildman–Crippen MR) is 87.4 cm³/mol. The second-order valence-corrected chi connectivity index (χ2v) is 6.68. The quantitative estimate of drug-likeness (QED) is 0.212. The Bertz CT molecular complexity index is 773. The Kier molecular flexibility index (Phi) is 6.89. The summed E-state index contributed by atoms with van der Waals surface area (Å²) in [6.45, 7) is -0.888. The molecule has 27 heavy (non-hydrogen) atoms. The van der Waals surface area contributed by atoms with E-state index in [1.807, 2.05) is 0 Å². The van der Waals surface area contributed by atoms with Gasteiger partial charge in [0.25, 0.3) is 0 Å². The molecule has 0 radical (unpaired) electrons. The van der Waals surface area contributed by atoms with Crippen molar-refractivity contribution >= 4 is 22.4 Å². The highest BCUT2D eigenvalue weighted by Crippen LogP contribution is 2.23. The van der Waals surface area contributed by atoms with Crippen LogP contribution in [0.1, 0.15) is 5.56 Å². The normalized spacial score (nSPS) is 29.0. The van der Waals surface area contributed by atoms with E-state index in [1.165, 1.54) is 30.3 Å². The number of hydrogen-bond donors (Lipinski definition) is 5. The summed E-state index contributed by atoms with van der Waals surface area (Å²) >= 11 is 0. The minimum absolute atomic E-state index is 0.0409. The van der Waals surface area contributed by atoms with Crippen molar-refractivity contribution in [1.29, 1.82) is 0 Å². The second kappa shape index (κ2) is 8.75. The molecule has 1 fully saturated rings. The zero-order valence-electron chi connectivity index (χ0n) is 13.7. The van der Waals surface area contributed by atoms with Crippen LogP contribution in [0, 0.1) is 0 Å². The number of carbonyl (C=O) groups excluding carboxylic acids is 1. The van der Waals surface area contributed by atoms with E-state index in [4.69, 9.17) is 14.0 Å². The third-order valence-electron chi connectivity index (χ3n) is 3.59. The fraction of sp³-hybridized carbons (Fsp3) is 0.400. The predicted octanol–water partition coefficient (Wildman–Crippen LogP) is -1.42. The van der Waals surface area contributed by atoms with Gasteiger partial charge >= 0.3 is 16.4 Å². The number of esters is 1. The molecule has 1 aliphatic heterocycles. The van der Waals surface area contributed by atoms with Crippen LogP contribution in [-0.4, -0.2) is 76.7 Å². The molecule has 1 aromatic rings. The van der Waals surface area contributed by atoms with Crippen LogP contribution in [0.2, 0.25) is 0 Å². The molecule has 5 N–H and O–H groups in total. The van der Waals surface area contributed by atoms with Crippen LogP contribution < -0.4 is 0 Å². The van der Waals surface area contributed by atoms with E-state index in [0.29, 0.717) is 5.56 Å². The highest BCUT2D eigenvalue weighted by molar-refractivity contribution is 7.80. The van der Waals surface area contributed by atoms with E-state index in [2.05, 4.69) is 4.18 Å². The van der Waals surface area contributed by atoms with Gasteiger partial charge in [0.2, 0.25) is 6.29 Å². The van der Waals surface area contributed by atoms with E-state index in [-0.39, 0.29) is 5.75 Å². The summed E-state index contributed by atoms with van der Waals surface area (Å²) in [4.78, 5) is 11.8. The standard InChI is InChI=1S/C15H18O11S/c16-9-4-1-8(2-5-9)3-6-11(17)26-15-14(20)13(19)12(18)10(25-15)7-24-27(21,22)23/h1-6,10,12-16,18-20H,7H2,(H,21,22,23)/b6-3+. The van der Waals surface area contributed by atoms with Crippen LogP contribution in [0.5, 0.6) is 5.75 Å². The van der Waals surface area contributed by atoms with Gasteiger partial charge in [0.1, 0.15) is 30.2 Å². The van der Waals surface area contributed by atoms with Crippen molar-refractivity contribution in [2.45, 2.75) is 30.7 Å². The molecular formula is C15H18O11S. The Labute approximate surface area is 154 Å². The number of rotatable bonds is 6. The van der Waals surface area contributed by atoms with Crippen molar-refractivity contribution in [3.05, 3.63) is 35.9 Å². The summed E-state index contributed by atoms with van der Waals surface area (Å²) in [5.41, 5.74) is 0.560. The highest BCUT2D eigenvalue weighted by atomic mass is 32.3. The smallest absolute Gasteiger partial charge is 0.397 e. The molecule has 5 unspecified atom stereocenters. The van der Waals surface area contributed by atoms with E-state index in [1.54, 1.807) is 0 Å². The topological polar surface area (TPSA) is 180 Å². The number of carbonyl (C=O) groups is 1.